The van der Waals surface area contributed by atoms with Crippen LogP contribution in [-0.4, -0.2) is 57.6 Å². The Labute approximate surface area is 152 Å². The SMILES string of the molecule is CN1CCN(c2ccc(NS(=O)(=O)c3cccc(C(=O)O)c3)cc2)CC1. The predicted molar refractivity (Wildman–Crippen MR) is 100 cm³/mol. The maximum Gasteiger partial charge on any atom is 0.335 e. The summed E-state index contributed by atoms with van der Waals surface area (Å²) in [5.74, 6) is -1.17. The van der Waals surface area contributed by atoms with Gasteiger partial charge in [0.15, 0.2) is 0 Å². The maximum absolute atomic E-state index is 12.5. The second-order valence-corrected chi connectivity index (χ2v) is 7.96. The molecule has 8 heteroatoms. The van der Waals surface area contributed by atoms with Crippen LogP contribution in [0.25, 0.3) is 0 Å². The topological polar surface area (TPSA) is 90.0 Å². The summed E-state index contributed by atoms with van der Waals surface area (Å²) in [4.78, 5) is 15.5. The monoisotopic (exact) mass is 375 g/mol. The molecule has 26 heavy (non-hydrogen) atoms. The van der Waals surface area contributed by atoms with Gasteiger partial charge in [-0.2, -0.15) is 0 Å². The second-order valence-electron chi connectivity index (χ2n) is 6.28. The number of aromatic carboxylic acids is 1. The van der Waals surface area contributed by atoms with Gasteiger partial charge in [0.2, 0.25) is 0 Å². The van der Waals surface area contributed by atoms with Gasteiger partial charge in [-0.1, -0.05) is 6.07 Å². The summed E-state index contributed by atoms with van der Waals surface area (Å²) in [7, 11) is -1.76. The van der Waals surface area contributed by atoms with E-state index < -0.39 is 16.0 Å². The lowest BCUT2D eigenvalue weighted by Crippen LogP contribution is -2.44. The standard InChI is InChI=1S/C18H21N3O4S/c1-20-9-11-21(12-10-20)16-7-5-15(6-8-16)19-26(24,25)17-4-2-3-14(13-17)18(22)23/h2-8,13,19H,9-12H2,1H3,(H,22,23). The van der Waals surface area contributed by atoms with E-state index in [0.29, 0.717) is 5.69 Å². The minimum absolute atomic E-state index is 0.0710. The molecule has 1 fully saturated rings. The van der Waals surface area contributed by atoms with Crippen LogP contribution in [0.1, 0.15) is 10.4 Å². The minimum Gasteiger partial charge on any atom is -0.478 e. The van der Waals surface area contributed by atoms with E-state index in [-0.39, 0.29) is 10.5 Å². The Hall–Kier alpha value is -2.58. The van der Waals surface area contributed by atoms with Crippen molar-refractivity contribution < 1.29 is 18.3 Å². The smallest absolute Gasteiger partial charge is 0.335 e. The number of likely N-dealkylation sites (N-methyl/N-ethyl adjacent to an activating group) is 1. The number of carbonyl (C=O) groups is 1. The first-order valence-electron chi connectivity index (χ1n) is 8.25. The molecule has 7 nitrogen and oxygen atoms in total. The van der Waals surface area contributed by atoms with Crippen LogP contribution in [0, 0.1) is 0 Å². The highest BCUT2D eigenvalue weighted by Crippen LogP contribution is 2.22. The molecule has 0 atom stereocenters. The third-order valence-corrected chi connectivity index (χ3v) is 5.76. The summed E-state index contributed by atoms with van der Waals surface area (Å²) in [6.07, 6.45) is 0. The molecule has 2 N–H and O–H groups in total. The predicted octanol–water partition coefficient (Wildman–Crippen LogP) is 1.94. The molecular weight excluding hydrogens is 354 g/mol. The Bertz CT molecular complexity index is 889. The molecule has 0 saturated carbocycles. The van der Waals surface area contributed by atoms with Crippen molar-refractivity contribution in [2.45, 2.75) is 4.90 Å². The van der Waals surface area contributed by atoms with Gasteiger partial charge >= 0.3 is 5.97 Å². The summed E-state index contributed by atoms with van der Waals surface area (Å²) in [5.41, 5.74) is 1.41. The van der Waals surface area contributed by atoms with E-state index in [2.05, 4.69) is 21.6 Å². The summed E-state index contributed by atoms with van der Waals surface area (Å²) < 4.78 is 27.4. The number of carboxylic acid groups (broad SMARTS) is 1. The summed E-state index contributed by atoms with van der Waals surface area (Å²) in [6, 6.07) is 12.5. The van der Waals surface area contributed by atoms with E-state index in [1.165, 1.54) is 18.2 Å². The highest BCUT2D eigenvalue weighted by Gasteiger charge is 2.17. The Kier molecular flexibility index (Phi) is 5.15. The summed E-state index contributed by atoms with van der Waals surface area (Å²) >= 11 is 0. The number of carboxylic acids is 1. The van der Waals surface area contributed by atoms with Crippen LogP contribution in [0.5, 0.6) is 0 Å². The highest BCUT2D eigenvalue weighted by molar-refractivity contribution is 7.92. The third kappa shape index (κ3) is 4.14. The number of piperazine rings is 1. The van der Waals surface area contributed by atoms with Crippen LogP contribution in [-0.2, 0) is 10.0 Å². The Morgan fingerprint density at radius 2 is 1.69 bits per heavy atom. The molecule has 138 valence electrons. The van der Waals surface area contributed by atoms with E-state index in [9.17, 15) is 13.2 Å². The fourth-order valence-electron chi connectivity index (χ4n) is 2.82. The van der Waals surface area contributed by atoms with Crippen LogP contribution in [0.2, 0.25) is 0 Å². The van der Waals surface area contributed by atoms with E-state index in [4.69, 9.17) is 5.11 Å². The Morgan fingerprint density at radius 1 is 1.04 bits per heavy atom. The van der Waals surface area contributed by atoms with Crippen molar-refractivity contribution in [3.63, 3.8) is 0 Å². The van der Waals surface area contributed by atoms with Gasteiger partial charge < -0.3 is 14.9 Å². The van der Waals surface area contributed by atoms with Crippen molar-refractivity contribution in [1.29, 1.82) is 0 Å². The maximum atomic E-state index is 12.5. The third-order valence-electron chi connectivity index (χ3n) is 4.38. The van der Waals surface area contributed by atoms with Gasteiger partial charge in [0.05, 0.1) is 10.5 Å². The number of benzene rings is 2. The normalized spacial score (nSPS) is 15.7. The lowest BCUT2D eigenvalue weighted by atomic mass is 10.2. The zero-order valence-corrected chi connectivity index (χ0v) is 15.2. The molecule has 1 saturated heterocycles. The molecule has 3 rings (SSSR count). The quantitative estimate of drug-likeness (QED) is 0.830. The van der Waals surface area contributed by atoms with Gasteiger partial charge in [-0.3, -0.25) is 4.72 Å². The number of anilines is 2. The lowest BCUT2D eigenvalue weighted by molar-refractivity contribution is 0.0696. The van der Waals surface area contributed by atoms with Gasteiger partial charge in [0, 0.05) is 37.6 Å². The molecule has 2 aromatic rings. The van der Waals surface area contributed by atoms with Crippen LogP contribution in [0.4, 0.5) is 11.4 Å². The fraction of sp³-hybridized carbons (Fsp3) is 0.278. The zero-order valence-electron chi connectivity index (χ0n) is 14.4. The van der Waals surface area contributed by atoms with Crippen LogP contribution < -0.4 is 9.62 Å². The van der Waals surface area contributed by atoms with Crippen molar-refractivity contribution in [2.75, 3.05) is 42.8 Å². The second kappa shape index (κ2) is 7.35. The zero-order chi connectivity index (χ0) is 18.7. The first kappa shape index (κ1) is 18.2. The van der Waals surface area contributed by atoms with Gasteiger partial charge in [-0.25, -0.2) is 13.2 Å². The highest BCUT2D eigenvalue weighted by atomic mass is 32.2. The van der Waals surface area contributed by atoms with E-state index >= 15 is 0 Å². The largest absolute Gasteiger partial charge is 0.478 e. The van der Waals surface area contributed by atoms with E-state index in [1.54, 1.807) is 12.1 Å². The van der Waals surface area contributed by atoms with Crippen molar-refractivity contribution in [3.8, 4) is 0 Å². The van der Waals surface area contributed by atoms with Gasteiger partial charge in [0.1, 0.15) is 0 Å². The van der Waals surface area contributed by atoms with Crippen molar-refractivity contribution in [1.82, 2.24) is 4.90 Å². The first-order chi connectivity index (χ1) is 12.3. The van der Waals surface area contributed by atoms with Gasteiger partial charge in [-0.05, 0) is 49.5 Å². The molecule has 0 spiro atoms. The Morgan fingerprint density at radius 3 is 2.31 bits per heavy atom. The molecule has 0 aromatic heterocycles. The average molecular weight is 375 g/mol. The molecule has 0 aliphatic carbocycles. The van der Waals surface area contributed by atoms with Crippen molar-refractivity contribution in [3.05, 3.63) is 54.1 Å². The molecule has 1 aliphatic heterocycles. The van der Waals surface area contributed by atoms with Crippen molar-refractivity contribution in [2.24, 2.45) is 0 Å². The number of sulfonamides is 1. The lowest BCUT2D eigenvalue weighted by Gasteiger charge is -2.34. The summed E-state index contributed by atoms with van der Waals surface area (Å²) in [5, 5.41) is 9.01. The van der Waals surface area contributed by atoms with Crippen LogP contribution >= 0.6 is 0 Å². The molecule has 0 amide bonds. The number of hydrogen-bond acceptors (Lipinski definition) is 5. The fourth-order valence-corrected chi connectivity index (χ4v) is 3.92. The molecule has 0 unspecified atom stereocenters. The number of rotatable bonds is 5. The molecular formula is C18H21N3O4S. The molecule has 2 aromatic carbocycles. The number of nitrogens with zero attached hydrogens (tertiary/aromatic N) is 2. The molecule has 0 radical (unpaired) electrons. The average Bonchev–Trinajstić information content (AvgIpc) is 2.63. The van der Waals surface area contributed by atoms with E-state index in [0.717, 1.165) is 37.9 Å². The first-order valence-corrected chi connectivity index (χ1v) is 9.73. The number of nitrogens with one attached hydrogen (secondary N) is 1. The number of hydrogen-bond donors (Lipinski definition) is 2. The van der Waals surface area contributed by atoms with Crippen LogP contribution in [0.15, 0.2) is 53.4 Å². The molecule has 1 aliphatic rings. The molecule has 1 heterocycles. The van der Waals surface area contributed by atoms with Gasteiger partial charge in [-0.15, -0.1) is 0 Å². The summed E-state index contributed by atoms with van der Waals surface area (Å²) in [6.45, 7) is 3.86. The van der Waals surface area contributed by atoms with Crippen molar-refractivity contribution >= 4 is 27.4 Å². The Balaban J connectivity index is 1.74. The van der Waals surface area contributed by atoms with E-state index in [1.807, 2.05) is 12.1 Å². The minimum atomic E-state index is -3.85. The van der Waals surface area contributed by atoms with Gasteiger partial charge in [0.25, 0.3) is 10.0 Å². The molecule has 0 bridgehead atoms. The van der Waals surface area contributed by atoms with Crippen LogP contribution in [0.3, 0.4) is 0 Å².